The molecule has 4 heteroatoms. The van der Waals surface area contributed by atoms with Gasteiger partial charge >= 0.3 is 5.97 Å². The number of hydrogen-bond donors (Lipinski definition) is 2. The van der Waals surface area contributed by atoms with Gasteiger partial charge in [-0.1, -0.05) is 12.1 Å². The lowest BCUT2D eigenvalue weighted by atomic mass is 9.83. The molecule has 1 aromatic carbocycles. The predicted molar refractivity (Wildman–Crippen MR) is 54.6 cm³/mol. The molecular formula is C11H14O4. The number of aromatic hydroxyl groups is 1. The van der Waals surface area contributed by atoms with Crippen molar-refractivity contribution in [1.82, 2.24) is 0 Å². The Labute approximate surface area is 88.1 Å². The lowest BCUT2D eigenvalue weighted by Gasteiger charge is -2.24. The molecule has 0 fully saturated rings. The van der Waals surface area contributed by atoms with E-state index in [0.29, 0.717) is 5.56 Å². The molecule has 1 aromatic rings. The lowest BCUT2D eigenvalue weighted by molar-refractivity contribution is -0.148. The molecule has 0 spiro atoms. The number of aliphatic hydroxyl groups is 1. The Morgan fingerprint density at radius 2 is 1.93 bits per heavy atom. The van der Waals surface area contributed by atoms with Gasteiger partial charge in [0.1, 0.15) is 11.2 Å². The number of esters is 1. The summed E-state index contributed by atoms with van der Waals surface area (Å²) < 4.78 is 4.63. The topological polar surface area (TPSA) is 66.8 Å². The number of phenolic OH excluding ortho intramolecular Hbond substituents is 1. The van der Waals surface area contributed by atoms with E-state index in [4.69, 9.17) is 5.11 Å². The Bertz CT molecular complexity index is 344. The molecule has 1 atom stereocenters. The van der Waals surface area contributed by atoms with E-state index in [1.54, 1.807) is 19.1 Å². The second kappa shape index (κ2) is 4.31. The molecule has 0 aliphatic rings. The molecule has 0 radical (unpaired) electrons. The van der Waals surface area contributed by atoms with E-state index in [1.807, 2.05) is 0 Å². The maximum Gasteiger partial charge on any atom is 0.318 e. The quantitative estimate of drug-likeness (QED) is 0.725. The fourth-order valence-electron chi connectivity index (χ4n) is 1.33. The molecule has 0 aromatic heterocycles. The molecule has 0 saturated heterocycles. The summed E-state index contributed by atoms with van der Waals surface area (Å²) >= 11 is 0. The normalized spacial score (nSPS) is 14.3. The smallest absolute Gasteiger partial charge is 0.318 e. The number of carbonyl (C=O) groups is 1. The summed E-state index contributed by atoms with van der Waals surface area (Å²) in [4.78, 5) is 11.5. The number of methoxy groups -OCH3 is 1. The number of aliphatic hydroxyl groups excluding tert-OH is 1. The molecule has 0 heterocycles. The average molecular weight is 210 g/mol. The standard InChI is InChI=1S/C11H14O4/c1-11(7-12,10(14)15-2)8-3-5-9(13)6-4-8/h3-6,12-13H,7H2,1-2H3. The van der Waals surface area contributed by atoms with Crippen molar-refractivity contribution in [2.24, 2.45) is 0 Å². The summed E-state index contributed by atoms with van der Waals surface area (Å²) in [5.74, 6) is -0.389. The SMILES string of the molecule is COC(=O)C(C)(CO)c1ccc(O)cc1. The number of benzene rings is 1. The van der Waals surface area contributed by atoms with Crippen LogP contribution in [0.3, 0.4) is 0 Å². The van der Waals surface area contributed by atoms with Crippen LogP contribution in [0.25, 0.3) is 0 Å². The van der Waals surface area contributed by atoms with E-state index in [2.05, 4.69) is 4.74 Å². The predicted octanol–water partition coefficient (Wildman–Crippen LogP) is 0.815. The Hall–Kier alpha value is -1.55. The summed E-state index contributed by atoms with van der Waals surface area (Å²) in [6.45, 7) is 1.25. The van der Waals surface area contributed by atoms with Gasteiger partial charge in [0.15, 0.2) is 0 Å². The van der Waals surface area contributed by atoms with Crippen LogP contribution in [0.5, 0.6) is 5.75 Å². The van der Waals surface area contributed by atoms with Crippen LogP contribution in [0, 0.1) is 0 Å². The highest BCUT2D eigenvalue weighted by Gasteiger charge is 2.35. The Morgan fingerprint density at radius 1 is 1.40 bits per heavy atom. The Kier molecular flexibility index (Phi) is 3.31. The zero-order chi connectivity index (χ0) is 11.5. The van der Waals surface area contributed by atoms with Crippen LogP contribution in [-0.4, -0.2) is 29.9 Å². The average Bonchev–Trinajstić information content (AvgIpc) is 2.27. The van der Waals surface area contributed by atoms with Gasteiger partial charge in [0.25, 0.3) is 0 Å². The van der Waals surface area contributed by atoms with Crippen LogP contribution in [0.4, 0.5) is 0 Å². The fourth-order valence-corrected chi connectivity index (χ4v) is 1.33. The van der Waals surface area contributed by atoms with Crippen molar-refractivity contribution in [1.29, 1.82) is 0 Å². The van der Waals surface area contributed by atoms with E-state index in [-0.39, 0.29) is 12.4 Å². The van der Waals surface area contributed by atoms with Crippen LogP contribution in [0.15, 0.2) is 24.3 Å². The van der Waals surface area contributed by atoms with Crippen molar-refractivity contribution in [2.75, 3.05) is 13.7 Å². The Balaban J connectivity index is 3.11. The van der Waals surface area contributed by atoms with Gasteiger partial charge < -0.3 is 14.9 Å². The van der Waals surface area contributed by atoms with Gasteiger partial charge in [-0.25, -0.2) is 0 Å². The Morgan fingerprint density at radius 3 is 2.33 bits per heavy atom. The number of ether oxygens (including phenoxy) is 1. The molecule has 0 amide bonds. The second-order valence-corrected chi connectivity index (χ2v) is 3.53. The molecule has 2 N–H and O–H groups in total. The van der Waals surface area contributed by atoms with E-state index in [9.17, 15) is 9.90 Å². The molecule has 0 saturated carbocycles. The maximum absolute atomic E-state index is 11.5. The number of phenols is 1. The molecular weight excluding hydrogens is 196 g/mol. The van der Waals surface area contributed by atoms with Crippen LogP contribution in [-0.2, 0) is 14.9 Å². The molecule has 4 nitrogen and oxygen atoms in total. The van der Waals surface area contributed by atoms with Crippen LogP contribution < -0.4 is 0 Å². The largest absolute Gasteiger partial charge is 0.508 e. The van der Waals surface area contributed by atoms with Crippen molar-refractivity contribution in [3.63, 3.8) is 0 Å². The molecule has 1 rings (SSSR count). The van der Waals surface area contributed by atoms with Gasteiger partial charge in [-0.2, -0.15) is 0 Å². The minimum absolute atomic E-state index is 0.115. The molecule has 15 heavy (non-hydrogen) atoms. The van der Waals surface area contributed by atoms with Crippen LogP contribution in [0.2, 0.25) is 0 Å². The van der Waals surface area contributed by atoms with Gasteiger partial charge in [-0.05, 0) is 24.6 Å². The highest BCUT2D eigenvalue weighted by atomic mass is 16.5. The first-order valence-corrected chi connectivity index (χ1v) is 4.53. The monoisotopic (exact) mass is 210 g/mol. The van der Waals surface area contributed by atoms with E-state index >= 15 is 0 Å². The summed E-state index contributed by atoms with van der Waals surface area (Å²) in [5.41, 5.74) is -0.475. The zero-order valence-corrected chi connectivity index (χ0v) is 8.73. The highest BCUT2D eigenvalue weighted by molar-refractivity contribution is 5.82. The van der Waals surface area contributed by atoms with Crippen molar-refractivity contribution in [3.05, 3.63) is 29.8 Å². The van der Waals surface area contributed by atoms with E-state index in [0.717, 1.165) is 0 Å². The first-order chi connectivity index (χ1) is 7.04. The third-order valence-corrected chi connectivity index (χ3v) is 2.46. The van der Waals surface area contributed by atoms with E-state index < -0.39 is 11.4 Å². The molecule has 82 valence electrons. The molecule has 1 unspecified atom stereocenters. The molecule has 0 aliphatic heterocycles. The number of hydrogen-bond acceptors (Lipinski definition) is 4. The molecule has 0 bridgehead atoms. The lowest BCUT2D eigenvalue weighted by Crippen LogP contribution is -2.37. The van der Waals surface area contributed by atoms with Gasteiger partial charge in [-0.15, -0.1) is 0 Å². The van der Waals surface area contributed by atoms with Crippen molar-refractivity contribution >= 4 is 5.97 Å². The summed E-state index contributed by atoms with van der Waals surface area (Å²) in [5, 5.41) is 18.4. The zero-order valence-electron chi connectivity index (χ0n) is 8.73. The second-order valence-electron chi connectivity index (χ2n) is 3.53. The van der Waals surface area contributed by atoms with Gasteiger partial charge in [-0.3, -0.25) is 4.79 Å². The minimum Gasteiger partial charge on any atom is -0.508 e. The fraction of sp³-hybridized carbons (Fsp3) is 0.364. The third-order valence-electron chi connectivity index (χ3n) is 2.46. The van der Waals surface area contributed by atoms with Crippen molar-refractivity contribution < 1.29 is 19.7 Å². The summed E-state index contributed by atoms with van der Waals surface area (Å²) in [6.07, 6.45) is 0. The van der Waals surface area contributed by atoms with Gasteiger partial charge in [0.05, 0.1) is 13.7 Å². The van der Waals surface area contributed by atoms with Crippen LogP contribution in [0.1, 0.15) is 12.5 Å². The first kappa shape index (κ1) is 11.5. The van der Waals surface area contributed by atoms with E-state index in [1.165, 1.54) is 19.2 Å². The first-order valence-electron chi connectivity index (χ1n) is 4.53. The summed E-state index contributed by atoms with van der Waals surface area (Å²) in [7, 11) is 1.27. The third kappa shape index (κ3) is 2.10. The summed E-state index contributed by atoms with van der Waals surface area (Å²) in [6, 6.07) is 6.10. The maximum atomic E-state index is 11.5. The van der Waals surface area contributed by atoms with Crippen LogP contribution >= 0.6 is 0 Å². The number of rotatable bonds is 3. The van der Waals surface area contributed by atoms with Gasteiger partial charge in [0.2, 0.25) is 0 Å². The number of carbonyl (C=O) groups excluding carboxylic acids is 1. The molecule has 0 aliphatic carbocycles. The van der Waals surface area contributed by atoms with Crippen molar-refractivity contribution in [2.45, 2.75) is 12.3 Å². The highest BCUT2D eigenvalue weighted by Crippen LogP contribution is 2.26. The van der Waals surface area contributed by atoms with Gasteiger partial charge in [0, 0.05) is 0 Å². The van der Waals surface area contributed by atoms with Crippen molar-refractivity contribution in [3.8, 4) is 5.75 Å². The minimum atomic E-state index is -1.08.